The van der Waals surface area contributed by atoms with E-state index >= 15 is 0 Å². The predicted octanol–water partition coefficient (Wildman–Crippen LogP) is 3.47. The highest BCUT2D eigenvalue weighted by Gasteiger charge is 2.16. The molecule has 5 nitrogen and oxygen atoms in total. The first-order chi connectivity index (χ1) is 12.3. The summed E-state index contributed by atoms with van der Waals surface area (Å²) >= 11 is 0. The molecule has 0 radical (unpaired) electrons. The van der Waals surface area contributed by atoms with Crippen LogP contribution in [0.15, 0.2) is 48.5 Å². The Morgan fingerprint density at radius 1 is 1.20 bits per heavy atom. The fourth-order valence-corrected chi connectivity index (χ4v) is 2.63. The topological polar surface area (TPSA) is 68.5 Å². The van der Waals surface area contributed by atoms with Gasteiger partial charge in [0.1, 0.15) is 19.0 Å². The van der Waals surface area contributed by atoms with Crippen LogP contribution in [-0.4, -0.2) is 25.3 Å². The lowest BCUT2D eigenvalue weighted by molar-refractivity contribution is 0.0472. The van der Waals surface area contributed by atoms with E-state index in [4.69, 9.17) is 19.5 Å². The second-order valence-corrected chi connectivity index (χ2v) is 5.82. The molecule has 25 heavy (non-hydrogen) atoms. The molecule has 0 amide bonds. The van der Waals surface area contributed by atoms with Gasteiger partial charge in [-0.15, -0.1) is 0 Å². The summed E-state index contributed by atoms with van der Waals surface area (Å²) in [5.41, 5.74) is 1.64. The molecule has 0 unspecified atom stereocenters. The summed E-state index contributed by atoms with van der Waals surface area (Å²) in [5.74, 6) is 0.264. The van der Waals surface area contributed by atoms with E-state index in [9.17, 15) is 4.79 Å². The van der Waals surface area contributed by atoms with E-state index in [2.05, 4.69) is 6.07 Å². The summed E-state index contributed by atoms with van der Waals surface area (Å²) in [4.78, 5) is 12.1. The van der Waals surface area contributed by atoms with E-state index < -0.39 is 5.97 Å². The second-order valence-electron chi connectivity index (χ2n) is 5.82. The molecular formula is C20H19NO4. The lowest BCUT2D eigenvalue weighted by Crippen LogP contribution is -2.16. The van der Waals surface area contributed by atoms with Crippen molar-refractivity contribution in [1.29, 1.82) is 5.26 Å². The number of hydrogen-bond acceptors (Lipinski definition) is 5. The molecular weight excluding hydrogens is 318 g/mol. The zero-order chi connectivity index (χ0) is 17.5. The Labute approximate surface area is 146 Å². The van der Waals surface area contributed by atoms with Crippen LogP contribution in [0.2, 0.25) is 0 Å². The van der Waals surface area contributed by atoms with E-state index in [1.807, 2.05) is 6.07 Å². The largest absolute Gasteiger partial charge is 0.491 e. The number of rotatable bonds is 6. The first-order valence-corrected chi connectivity index (χ1v) is 8.26. The van der Waals surface area contributed by atoms with Crippen LogP contribution in [0.25, 0.3) is 0 Å². The Morgan fingerprint density at radius 3 is 2.72 bits per heavy atom. The van der Waals surface area contributed by atoms with Gasteiger partial charge in [0, 0.05) is 12.2 Å². The average molecular weight is 337 g/mol. The molecule has 0 aromatic heterocycles. The van der Waals surface area contributed by atoms with Crippen molar-refractivity contribution in [3.8, 4) is 11.8 Å². The van der Waals surface area contributed by atoms with Gasteiger partial charge in [-0.05, 0) is 43.2 Å². The third kappa shape index (κ3) is 4.59. The maximum absolute atomic E-state index is 12.1. The highest BCUT2D eigenvalue weighted by Crippen LogP contribution is 2.17. The molecule has 0 spiro atoms. The van der Waals surface area contributed by atoms with Gasteiger partial charge in [-0.3, -0.25) is 0 Å². The van der Waals surface area contributed by atoms with Crippen molar-refractivity contribution in [1.82, 2.24) is 0 Å². The van der Waals surface area contributed by atoms with E-state index in [0.29, 0.717) is 29.0 Å². The van der Waals surface area contributed by atoms with Gasteiger partial charge in [0.05, 0.1) is 23.3 Å². The Balaban J connectivity index is 1.52. The average Bonchev–Trinajstić information content (AvgIpc) is 3.18. The standard InChI is InChI=1S/C20H19NO4/c21-12-16-4-1-2-5-17(16)13-25-20(22)15-7-9-18(10-8-15)24-14-19-6-3-11-23-19/h1-2,4-5,7-10,19H,3,6,11,13-14H2/t19-/m0/s1. The summed E-state index contributed by atoms with van der Waals surface area (Å²) in [6, 6.07) is 16.0. The van der Waals surface area contributed by atoms with E-state index in [1.165, 1.54) is 0 Å². The molecule has 1 saturated heterocycles. The summed E-state index contributed by atoms with van der Waals surface area (Å²) < 4.78 is 16.5. The fourth-order valence-electron chi connectivity index (χ4n) is 2.63. The van der Waals surface area contributed by atoms with Crippen molar-refractivity contribution in [2.75, 3.05) is 13.2 Å². The van der Waals surface area contributed by atoms with Crippen LogP contribution >= 0.6 is 0 Å². The zero-order valence-corrected chi connectivity index (χ0v) is 13.8. The monoisotopic (exact) mass is 337 g/mol. The van der Waals surface area contributed by atoms with Gasteiger partial charge < -0.3 is 14.2 Å². The number of nitriles is 1. The first kappa shape index (κ1) is 17.0. The number of carbonyl (C=O) groups is 1. The molecule has 0 aliphatic carbocycles. The Morgan fingerprint density at radius 2 is 2.00 bits per heavy atom. The number of carbonyl (C=O) groups excluding carboxylic acids is 1. The minimum Gasteiger partial charge on any atom is -0.491 e. The molecule has 0 bridgehead atoms. The molecule has 5 heteroatoms. The number of benzene rings is 2. The molecule has 1 heterocycles. The first-order valence-electron chi connectivity index (χ1n) is 8.26. The van der Waals surface area contributed by atoms with E-state index in [1.54, 1.807) is 42.5 Å². The maximum Gasteiger partial charge on any atom is 0.338 e. The molecule has 2 aromatic rings. The van der Waals surface area contributed by atoms with Crippen LogP contribution in [0.4, 0.5) is 0 Å². The van der Waals surface area contributed by atoms with Gasteiger partial charge in [-0.2, -0.15) is 5.26 Å². The van der Waals surface area contributed by atoms with Gasteiger partial charge in [0.25, 0.3) is 0 Å². The predicted molar refractivity (Wildman–Crippen MR) is 91.2 cm³/mol. The second kappa shape index (κ2) is 8.32. The van der Waals surface area contributed by atoms with Crippen LogP contribution in [0.3, 0.4) is 0 Å². The summed E-state index contributed by atoms with van der Waals surface area (Å²) in [7, 11) is 0. The minimum absolute atomic E-state index is 0.0693. The molecule has 0 N–H and O–H groups in total. The van der Waals surface area contributed by atoms with Crippen molar-refractivity contribution in [2.45, 2.75) is 25.6 Å². The summed E-state index contributed by atoms with van der Waals surface area (Å²) in [6.45, 7) is 1.39. The molecule has 3 rings (SSSR count). The van der Waals surface area contributed by atoms with Crippen LogP contribution in [0.1, 0.15) is 34.3 Å². The molecule has 1 atom stereocenters. The normalized spacial score (nSPS) is 16.2. The van der Waals surface area contributed by atoms with Crippen LogP contribution in [0.5, 0.6) is 5.75 Å². The van der Waals surface area contributed by atoms with E-state index in [0.717, 1.165) is 19.4 Å². The van der Waals surface area contributed by atoms with Crippen LogP contribution < -0.4 is 4.74 Å². The Hall–Kier alpha value is -2.84. The summed E-state index contributed by atoms with van der Waals surface area (Å²) in [6.07, 6.45) is 2.26. The highest BCUT2D eigenvalue weighted by atomic mass is 16.5. The Bertz CT molecular complexity index is 758. The van der Waals surface area contributed by atoms with Crippen LogP contribution in [0, 0.1) is 11.3 Å². The van der Waals surface area contributed by atoms with Crippen molar-refractivity contribution in [3.63, 3.8) is 0 Å². The fraction of sp³-hybridized carbons (Fsp3) is 0.300. The quantitative estimate of drug-likeness (QED) is 0.755. The number of ether oxygens (including phenoxy) is 3. The molecule has 128 valence electrons. The maximum atomic E-state index is 12.1. The molecule has 1 fully saturated rings. The number of esters is 1. The van der Waals surface area contributed by atoms with Crippen molar-refractivity contribution < 1.29 is 19.0 Å². The van der Waals surface area contributed by atoms with Crippen molar-refractivity contribution in [3.05, 3.63) is 65.2 Å². The van der Waals surface area contributed by atoms with Gasteiger partial charge in [-0.25, -0.2) is 4.79 Å². The zero-order valence-electron chi connectivity index (χ0n) is 13.8. The highest BCUT2D eigenvalue weighted by molar-refractivity contribution is 5.89. The van der Waals surface area contributed by atoms with Gasteiger partial charge >= 0.3 is 5.97 Å². The van der Waals surface area contributed by atoms with Gasteiger partial charge in [0.2, 0.25) is 0 Å². The van der Waals surface area contributed by atoms with Crippen molar-refractivity contribution >= 4 is 5.97 Å². The number of nitrogens with zero attached hydrogens (tertiary/aromatic N) is 1. The molecule has 1 aliphatic heterocycles. The van der Waals surface area contributed by atoms with E-state index in [-0.39, 0.29) is 12.7 Å². The summed E-state index contributed by atoms with van der Waals surface area (Å²) in [5, 5.41) is 9.05. The molecule has 0 saturated carbocycles. The minimum atomic E-state index is -0.432. The lowest BCUT2D eigenvalue weighted by atomic mass is 10.1. The van der Waals surface area contributed by atoms with Gasteiger partial charge in [-0.1, -0.05) is 18.2 Å². The third-order valence-corrected chi connectivity index (χ3v) is 4.05. The Kier molecular flexibility index (Phi) is 5.65. The van der Waals surface area contributed by atoms with Gasteiger partial charge in [0.15, 0.2) is 0 Å². The molecule has 1 aliphatic rings. The lowest BCUT2D eigenvalue weighted by Gasteiger charge is -2.11. The molecule has 2 aromatic carbocycles. The van der Waals surface area contributed by atoms with Crippen molar-refractivity contribution in [2.24, 2.45) is 0 Å². The SMILES string of the molecule is N#Cc1ccccc1COC(=O)c1ccc(OC[C@@H]2CCCO2)cc1. The smallest absolute Gasteiger partial charge is 0.338 e. The number of hydrogen-bond donors (Lipinski definition) is 0. The third-order valence-electron chi connectivity index (χ3n) is 4.05. The van der Waals surface area contributed by atoms with Crippen LogP contribution in [-0.2, 0) is 16.1 Å².